The Bertz CT molecular complexity index is 1390. The molecule has 0 radical (unpaired) electrons. The van der Waals surface area contributed by atoms with Gasteiger partial charge in [-0.1, -0.05) is 25.6 Å². The lowest BCUT2D eigenvalue weighted by molar-refractivity contribution is -0.911. The predicted molar refractivity (Wildman–Crippen MR) is 140 cm³/mol. The van der Waals surface area contributed by atoms with E-state index in [1.165, 1.54) is 0 Å². The van der Waals surface area contributed by atoms with E-state index in [0.717, 1.165) is 53.7 Å². The first kappa shape index (κ1) is 28.7. The number of sulfonamides is 1. The highest BCUT2D eigenvalue weighted by Gasteiger charge is 2.34. The van der Waals surface area contributed by atoms with Gasteiger partial charge < -0.3 is 31.2 Å². The number of hydrogen-bond acceptors (Lipinski definition) is 6. The highest BCUT2D eigenvalue weighted by atomic mass is 79.9. The van der Waals surface area contributed by atoms with E-state index in [1.54, 1.807) is 27.2 Å². The Morgan fingerprint density at radius 3 is 2.50 bits per heavy atom. The van der Waals surface area contributed by atoms with Gasteiger partial charge in [-0.2, -0.15) is 9.40 Å². The van der Waals surface area contributed by atoms with Crippen molar-refractivity contribution >= 4 is 33.3 Å². The number of ether oxygens (including phenoxy) is 1. The van der Waals surface area contributed by atoms with Gasteiger partial charge in [-0.05, 0) is 38.5 Å². The molecule has 1 aliphatic heterocycles. The third-order valence-corrected chi connectivity index (χ3v) is 9.13. The van der Waals surface area contributed by atoms with E-state index in [1.807, 2.05) is 14.0 Å². The molecule has 198 valence electrons. The van der Waals surface area contributed by atoms with Gasteiger partial charge in [0.2, 0.25) is 10.0 Å². The molecule has 0 saturated carbocycles. The second-order valence-corrected chi connectivity index (χ2v) is 11.6. The molecule has 0 atom stereocenters. The van der Waals surface area contributed by atoms with E-state index in [4.69, 9.17) is 17.0 Å². The van der Waals surface area contributed by atoms with Gasteiger partial charge in [-0.25, -0.2) is 13.4 Å². The summed E-state index contributed by atoms with van der Waals surface area (Å²) < 4.78 is 37.6. The first-order valence-electron chi connectivity index (χ1n) is 12.2. The average Bonchev–Trinajstić information content (AvgIpc) is 3.15. The zero-order valence-electron chi connectivity index (χ0n) is 21.5. The van der Waals surface area contributed by atoms with Gasteiger partial charge >= 0.3 is 0 Å². The van der Waals surface area contributed by atoms with Gasteiger partial charge in [0, 0.05) is 7.05 Å². The summed E-state index contributed by atoms with van der Waals surface area (Å²) in [5, 5.41) is 4.61. The molecule has 3 aromatic rings. The number of rotatable bonds is 8. The molecule has 1 saturated heterocycles. The van der Waals surface area contributed by atoms with Crippen LogP contribution in [0.25, 0.3) is 22.4 Å². The van der Waals surface area contributed by atoms with Crippen molar-refractivity contribution < 1.29 is 34.6 Å². The summed E-state index contributed by atoms with van der Waals surface area (Å²) in [6, 6.07) is 4.98. The van der Waals surface area contributed by atoms with Gasteiger partial charge in [0.05, 0.1) is 68.0 Å². The molecule has 12 heteroatoms. The van der Waals surface area contributed by atoms with Gasteiger partial charge in [0.1, 0.15) is 17.1 Å². The van der Waals surface area contributed by atoms with E-state index < -0.39 is 10.0 Å². The van der Waals surface area contributed by atoms with Crippen LogP contribution >= 0.6 is 12.2 Å². The standard InChI is InChI=1S/C24H34N6O3S2.BrH/c1-6-9-19-21-22(28(4)27-19)24(34)26-23(25-21)18-16-17(10-11-20(18)33-8-3)35(31,32)29-12-14-30(5,7-2)15-13-29;/h10-11,16H,6-9,12-15H2,1-5H3;1H. The maximum absolute atomic E-state index is 13.6. The Kier molecular flexibility index (Phi) is 8.98. The summed E-state index contributed by atoms with van der Waals surface area (Å²) in [5.74, 6) is 1.03. The number of nitrogens with one attached hydrogen (secondary N) is 1. The van der Waals surface area contributed by atoms with Crippen LogP contribution < -0.4 is 21.7 Å². The quantitative estimate of drug-likeness (QED) is 0.300. The molecule has 1 aliphatic rings. The topological polar surface area (TPSA) is 93.1 Å². The Labute approximate surface area is 228 Å². The number of piperazine rings is 1. The number of aromatic amines is 1. The molecular formula is C24H35BrN6O3S2. The van der Waals surface area contributed by atoms with Crippen LogP contribution in [-0.4, -0.2) is 83.3 Å². The Morgan fingerprint density at radius 2 is 1.89 bits per heavy atom. The van der Waals surface area contributed by atoms with Crippen LogP contribution in [0.4, 0.5) is 0 Å². The van der Waals surface area contributed by atoms with E-state index in [9.17, 15) is 8.42 Å². The van der Waals surface area contributed by atoms with Gasteiger partial charge in [-0.15, -0.1) is 0 Å². The molecule has 0 amide bonds. The summed E-state index contributed by atoms with van der Waals surface area (Å²) in [6.07, 6.45) is 1.73. The van der Waals surface area contributed by atoms with Crippen molar-refractivity contribution in [3.63, 3.8) is 0 Å². The molecule has 36 heavy (non-hydrogen) atoms. The highest BCUT2D eigenvalue weighted by Crippen LogP contribution is 2.33. The van der Waals surface area contributed by atoms with Crippen LogP contribution in [0, 0.1) is 4.64 Å². The molecule has 0 bridgehead atoms. The number of quaternary nitrogens is 1. The van der Waals surface area contributed by atoms with E-state index in [0.29, 0.717) is 41.5 Å². The molecule has 2 aromatic heterocycles. The summed E-state index contributed by atoms with van der Waals surface area (Å²) in [4.78, 5) is 8.23. The molecule has 1 N–H and O–H groups in total. The molecule has 3 heterocycles. The van der Waals surface area contributed by atoms with Crippen LogP contribution in [0.2, 0.25) is 0 Å². The minimum absolute atomic E-state index is 0. The second-order valence-electron chi connectivity index (χ2n) is 9.31. The molecular weight excluding hydrogens is 564 g/mol. The summed E-state index contributed by atoms with van der Waals surface area (Å²) in [5.41, 5.74) is 3.07. The molecule has 0 aliphatic carbocycles. The lowest BCUT2D eigenvalue weighted by Gasteiger charge is -2.40. The van der Waals surface area contributed by atoms with Gasteiger partial charge in [0.15, 0.2) is 4.64 Å². The smallest absolute Gasteiger partial charge is 0.243 e. The monoisotopic (exact) mass is 598 g/mol. The third kappa shape index (κ3) is 5.38. The lowest BCUT2D eigenvalue weighted by atomic mass is 10.1. The fraction of sp³-hybridized carbons (Fsp3) is 0.542. The predicted octanol–water partition coefficient (Wildman–Crippen LogP) is 0.519. The fourth-order valence-electron chi connectivity index (χ4n) is 4.57. The van der Waals surface area contributed by atoms with Crippen LogP contribution in [-0.2, 0) is 23.5 Å². The maximum Gasteiger partial charge on any atom is 0.243 e. The zero-order valence-corrected chi connectivity index (χ0v) is 24.8. The van der Waals surface area contributed by atoms with Crippen molar-refractivity contribution in [3.8, 4) is 17.1 Å². The van der Waals surface area contributed by atoms with Crippen LogP contribution in [0.15, 0.2) is 23.1 Å². The van der Waals surface area contributed by atoms with E-state index in [-0.39, 0.29) is 21.9 Å². The summed E-state index contributed by atoms with van der Waals surface area (Å²) >= 11 is 5.61. The molecule has 4 rings (SSSR count). The van der Waals surface area contributed by atoms with Crippen molar-refractivity contribution in [2.45, 2.75) is 38.5 Å². The van der Waals surface area contributed by atoms with Gasteiger partial charge in [0.25, 0.3) is 0 Å². The fourth-order valence-corrected chi connectivity index (χ4v) is 6.34. The summed E-state index contributed by atoms with van der Waals surface area (Å²) in [6.45, 7) is 10.2. The zero-order chi connectivity index (χ0) is 25.4. The number of likely N-dealkylation sites (N-methyl/N-ethyl adjacent to an activating group) is 1. The van der Waals surface area contributed by atoms with Crippen molar-refractivity contribution in [1.82, 2.24) is 24.1 Å². The minimum atomic E-state index is -3.66. The van der Waals surface area contributed by atoms with Gasteiger partial charge in [-0.3, -0.25) is 4.68 Å². The Balaban J connectivity index is 0.00000361. The first-order chi connectivity index (χ1) is 16.6. The number of hydrogen-bond donors (Lipinski definition) is 1. The molecule has 0 unspecified atom stereocenters. The molecule has 9 nitrogen and oxygen atoms in total. The first-order valence-corrected chi connectivity index (χ1v) is 14.0. The van der Waals surface area contributed by atoms with Crippen LogP contribution in [0.1, 0.15) is 32.9 Å². The Hall–Kier alpha value is -1.86. The molecule has 0 spiro atoms. The SMILES string of the molecule is CCCc1nn(C)c2c(=S)nc(-c3cc(S(=O)(=O)N4CC[N+](C)(CC)CC4)ccc3OCC)[nH]c12.[Br-]. The number of fused-ring (bicyclic) bond motifs is 1. The van der Waals surface area contributed by atoms with Crippen molar-refractivity contribution in [2.24, 2.45) is 7.05 Å². The molecule has 1 aromatic carbocycles. The average molecular weight is 600 g/mol. The number of halogens is 1. The van der Waals surface area contributed by atoms with Crippen LogP contribution in [0.3, 0.4) is 0 Å². The number of aromatic nitrogens is 4. The van der Waals surface area contributed by atoms with Crippen molar-refractivity contribution in [3.05, 3.63) is 28.5 Å². The number of benzene rings is 1. The third-order valence-electron chi connectivity index (χ3n) is 6.95. The normalized spacial score (nSPS) is 16.1. The van der Waals surface area contributed by atoms with Crippen LogP contribution in [0.5, 0.6) is 5.75 Å². The highest BCUT2D eigenvalue weighted by molar-refractivity contribution is 7.89. The number of H-pyrrole nitrogens is 1. The largest absolute Gasteiger partial charge is 1.00 e. The number of aryl methyl sites for hydroxylation is 2. The van der Waals surface area contributed by atoms with Crippen molar-refractivity contribution in [2.75, 3.05) is 46.4 Å². The van der Waals surface area contributed by atoms with E-state index >= 15 is 0 Å². The lowest BCUT2D eigenvalue weighted by Crippen LogP contribution is -3.00. The summed E-state index contributed by atoms with van der Waals surface area (Å²) in [7, 11) is 0.364. The maximum atomic E-state index is 13.6. The van der Waals surface area contributed by atoms with E-state index in [2.05, 4.69) is 36.0 Å². The molecule has 1 fully saturated rings. The minimum Gasteiger partial charge on any atom is -1.00 e. The second kappa shape index (κ2) is 11.3. The number of nitrogens with zero attached hydrogens (tertiary/aromatic N) is 5. The van der Waals surface area contributed by atoms with Crippen molar-refractivity contribution in [1.29, 1.82) is 0 Å². The Morgan fingerprint density at radius 1 is 1.19 bits per heavy atom.